The number of hydrogen-bond acceptors (Lipinski definition) is 11. The molecule has 11 heteroatoms. The standard InChI is InChI=1S/C26H34O11/c1-34-18-6-12(3-4-17(18)30)22-15-8-20(36-26-25(33)24(32)23(31)21(11-29)37-26)19(35-2)7-13(15)5-14(9-27)16(22)10-28/h3-4,6-8,14,16,21-33H,5,9-11H2,1-2H3/t14-,16+,21+,22-,23+,24-,25+,26+/m0/s1. The molecule has 1 aliphatic carbocycles. The van der Waals surface area contributed by atoms with E-state index in [-0.39, 0.29) is 42.3 Å². The maximum Gasteiger partial charge on any atom is 0.229 e. The molecule has 1 fully saturated rings. The molecular formula is C26H34O11. The van der Waals surface area contributed by atoms with Crippen molar-refractivity contribution in [2.75, 3.05) is 34.0 Å². The minimum absolute atomic E-state index is 0.0390. The van der Waals surface area contributed by atoms with Gasteiger partial charge in [-0.05, 0) is 59.2 Å². The van der Waals surface area contributed by atoms with Gasteiger partial charge in [-0.1, -0.05) is 6.07 Å². The van der Waals surface area contributed by atoms with Crippen molar-refractivity contribution in [2.45, 2.75) is 43.0 Å². The number of aromatic hydroxyl groups is 1. The highest BCUT2D eigenvalue weighted by Gasteiger charge is 2.45. The Morgan fingerprint density at radius 2 is 1.57 bits per heavy atom. The highest BCUT2D eigenvalue weighted by atomic mass is 16.7. The molecule has 0 unspecified atom stereocenters. The third-order valence-corrected chi connectivity index (χ3v) is 7.38. The molecule has 0 radical (unpaired) electrons. The minimum atomic E-state index is -1.61. The zero-order valence-corrected chi connectivity index (χ0v) is 20.6. The summed E-state index contributed by atoms with van der Waals surface area (Å²) in [6.45, 7) is -0.965. The molecule has 2 aromatic rings. The highest BCUT2D eigenvalue weighted by molar-refractivity contribution is 5.54. The quantitative estimate of drug-likeness (QED) is 0.238. The zero-order valence-electron chi connectivity index (χ0n) is 20.6. The van der Waals surface area contributed by atoms with Gasteiger partial charge in [0.2, 0.25) is 6.29 Å². The molecule has 37 heavy (non-hydrogen) atoms. The van der Waals surface area contributed by atoms with E-state index in [9.17, 15) is 35.7 Å². The van der Waals surface area contributed by atoms with Gasteiger partial charge >= 0.3 is 0 Å². The number of benzene rings is 2. The lowest BCUT2D eigenvalue weighted by Crippen LogP contribution is -2.60. The molecule has 11 nitrogen and oxygen atoms in total. The molecular weight excluding hydrogens is 488 g/mol. The van der Waals surface area contributed by atoms with E-state index >= 15 is 0 Å². The topological polar surface area (TPSA) is 179 Å². The zero-order chi connectivity index (χ0) is 26.9. The van der Waals surface area contributed by atoms with Crippen LogP contribution in [-0.2, 0) is 11.2 Å². The minimum Gasteiger partial charge on any atom is -0.504 e. The van der Waals surface area contributed by atoms with E-state index in [1.165, 1.54) is 20.3 Å². The molecule has 0 spiro atoms. The first-order valence-electron chi connectivity index (χ1n) is 12.0. The molecule has 1 heterocycles. The summed E-state index contributed by atoms with van der Waals surface area (Å²) >= 11 is 0. The van der Waals surface area contributed by atoms with Gasteiger partial charge in [0.1, 0.15) is 24.4 Å². The van der Waals surface area contributed by atoms with Crippen molar-refractivity contribution >= 4 is 0 Å². The van der Waals surface area contributed by atoms with Gasteiger partial charge in [0, 0.05) is 19.1 Å². The fourth-order valence-electron chi connectivity index (χ4n) is 5.33. The van der Waals surface area contributed by atoms with E-state index in [0.717, 1.165) is 16.7 Å². The molecule has 1 saturated heterocycles. The van der Waals surface area contributed by atoms with E-state index in [2.05, 4.69) is 0 Å². The van der Waals surface area contributed by atoms with Crippen LogP contribution in [0, 0.1) is 11.8 Å². The Morgan fingerprint density at radius 3 is 2.19 bits per heavy atom. The van der Waals surface area contributed by atoms with Crippen LogP contribution < -0.4 is 14.2 Å². The Bertz CT molecular complexity index is 1070. The van der Waals surface area contributed by atoms with Crippen molar-refractivity contribution < 1.29 is 54.7 Å². The molecule has 1 aliphatic heterocycles. The number of aliphatic hydroxyl groups excluding tert-OH is 6. The average Bonchev–Trinajstić information content (AvgIpc) is 2.92. The van der Waals surface area contributed by atoms with Crippen molar-refractivity contribution in [2.24, 2.45) is 11.8 Å². The van der Waals surface area contributed by atoms with Crippen molar-refractivity contribution in [3.8, 4) is 23.0 Å². The predicted octanol–water partition coefficient (Wildman–Crippen LogP) is -0.507. The second-order valence-electron chi connectivity index (χ2n) is 9.42. The number of methoxy groups -OCH3 is 2. The first-order valence-corrected chi connectivity index (χ1v) is 12.0. The van der Waals surface area contributed by atoms with Crippen LogP contribution in [0.2, 0.25) is 0 Å². The molecule has 2 aromatic carbocycles. The molecule has 0 saturated carbocycles. The maximum absolute atomic E-state index is 10.5. The summed E-state index contributed by atoms with van der Waals surface area (Å²) in [5, 5.41) is 70.8. The molecule has 0 bridgehead atoms. The molecule has 2 aliphatic rings. The highest BCUT2D eigenvalue weighted by Crippen LogP contribution is 2.48. The first kappa shape index (κ1) is 27.4. The fraction of sp³-hybridized carbons (Fsp3) is 0.538. The summed E-state index contributed by atoms with van der Waals surface area (Å²) < 4.78 is 22.2. The summed E-state index contributed by atoms with van der Waals surface area (Å²) in [7, 11) is 2.87. The number of aliphatic hydroxyl groups is 6. The third kappa shape index (κ3) is 5.08. The predicted molar refractivity (Wildman–Crippen MR) is 129 cm³/mol. The number of phenols is 1. The van der Waals surface area contributed by atoms with E-state index in [4.69, 9.17) is 18.9 Å². The average molecular weight is 523 g/mol. The van der Waals surface area contributed by atoms with E-state index in [1.54, 1.807) is 24.3 Å². The van der Waals surface area contributed by atoms with Gasteiger partial charge < -0.3 is 54.7 Å². The Kier molecular flexibility index (Phi) is 8.44. The van der Waals surface area contributed by atoms with Crippen LogP contribution in [0.1, 0.15) is 22.6 Å². The lowest BCUT2D eigenvalue weighted by Gasteiger charge is -2.41. The van der Waals surface area contributed by atoms with Crippen LogP contribution in [0.4, 0.5) is 0 Å². The molecule has 4 rings (SSSR count). The Hall–Kier alpha value is -2.64. The fourth-order valence-corrected chi connectivity index (χ4v) is 5.33. The molecule has 0 amide bonds. The van der Waals surface area contributed by atoms with Gasteiger partial charge in [-0.15, -0.1) is 0 Å². The van der Waals surface area contributed by atoms with Crippen LogP contribution >= 0.6 is 0 Å². The van der Waals surface area contributed by atoms with Crippen molar-refractivity contribution in [1.82, 2.24) is 0 Å². The van der Waals surface area contributed by atoms with Crippen LogP contribution in [0.15, 0.2) is 30.3 Å². The third-order valence-electron chi connectivity index (χ3n) is 7.38. The van der Waals surface area contributed by atoms with Crippen LogP contribution in [0.5, 0.6) is 23.0 Å². The van der Waals surface area contributed by atoms with Gasteiger partial charge in [-0.2, -0.15) is 0 Å². The summed E-state index contributed by atoms with van der Waals surface area (Å²) in [5.74, 6) is -0.374. The summed E-state index contributed by atoms with van der Waals surface area (Å²) in [4.78, 5) is 0. The van der Waals surface area contributed by atoms with E-state index in [1.807, 2.05) is 0 Å². The SMILES string of the molecule is COc1cc([C@H]2c3cc(O[C@@H]4O[C@H](CO)[C@@H](O)[C@H](O)[C@H]4O)c(OC)cc3C[C@@H](CO)[C@H]2CO)ccc1O. The summed E-state index contributed by atoms with van der Waals surface area (Å²) in [5.41, 5.74) is 2.34. The number of ether oxygens (including phenoxy) is 4. The number of phenolic OH excluding ortho intramolecular Hbond substituents is 1. The number of hydrogen-bond donors (Lipinski definition) is 7. The summed E-state index contributed by atoms with van der Waals surface area (Å²) in [6.07, 6.45) is -6.86. The maximum atomic E-state index is 10.5. The Morgan fingerprint density at radius 1 is 0.838 bits per heavy atom. The normalized spacial score (nSPS) is 31.5. The summed E-state index contributed by atoms with van der Waals surface area (Å²) in [6, 6.07) is 8.33. The largest absolute Gasteiger partial charge is 0.504 e. The second-order valence-corrected chi connectivity index (χ2v) is 9.42. The first-order chi connectivity index (χ1) is 17.8. The van der Waals surface area contributed by atoms with E-state index < -0.39 is 43.2 Å². The lowest BCUT2D eigenvalue weighted by molar-refractivity contribution is -0.277. The lowest BCUT2D eigenvalue weighted by atomic mass is 9.67. The van der Waals surface area contributed by atoms with Crippen LogP contribution in [0.3, 0.4) is 0 Å². The monoisotopic (exact) mass is 522 g/mol. The van der Waals surface area contributed by atoms with E-state index in [0.29, 0.717) is 12.2 Å². The number of rotatable bonds is 8. The molecule has 204 valence electrons. The smallest absolute Gasteiger partial charge is 0.229 e. The van der Waals surface area contributed by atoms with Crippen molar-refractivity contribution in [3.63, 3.8) is 0 Å². The van der Waals surface area contributed by atoms with Gasteiger partial charge in [0.05, 0.1) is 20.8 Å². The second kappa shape index (κ2) is 11.4. The molecule has 0 aromatic heterocycles. The van der Waals surface area contributed by atoms with Gasteiger partial charge in [0.25, 0.3) is 0 Å². The Balaban J connectivity index is 1.79. The number of fused-ring (bicyclic) bond motifs is 1. The van der Waals surface area contributed by atoms with Gasteiger partial charge in [-0.3, -0.25) is 0 Å². The van der Waals surface area contributed by atoms with Gasteiger partial charge in [-0.25, -0.2) is 0 Å². The van der Waals surface area contributed by atoms with Crippen LogP contribution in [-0.4, -0.2) is 100 Å². The van der Waals surface area contributed by atoms with Crippen molar-refractivity contribution in [3.05, 3.63) is 47.0 Å². The van der Waals surface area contributed by atoms with Crippen LogP contribution in [0.25, 0.3) is 0 Å². The van der Waals surface area contributed by atoms with Crippen molar-refractivity contribution in [1.29, 1.82) is 0 Å². The Labute approximate surface area is 214 Å². The van der Waals surface area contributed by atoms with Gasteiger partial charge in [0.15, 0.2) is 23.0 Å². The molecule has 7 N–H and O–H groups in total. The molecule has 8 atom stereocenters.